The number of methoxy groups -OCH3 is 1. The first-order valence-electron chi connectivity index (χ1n) is 5.50. The normalized spacial score (nSPS) is 14.7. The van der Waals surface area contributed by atoms with Crippen molar-refractivity contribution in [2.75, 3.05) is 7.11 Å². The summed E-state index contributed by atoms with van der Waals surface area (Å²) in [5.74, 6) is 1.53. The zero-order valence-electron chi connectivity index (χ0n) is 9.66. The van der Waals surface area contributed by atoms with Gasteiger partial charge in [-0.25, -0.2) is 0 Å². The highest BCUT2D eigenvalue weighted by molar-refractivity contribution is 9.09. The average molecular weight is 271 g/mol. The molecule has 0 aliphatic rings. The Morgan fingerprint density at radius 3 is 2.13 bits per heavy atom. The van der Waals surface area contributed by atoms with Gasteiger partial charge in [0.25, 0.3) is 0 Å². The summed E-state index contributed by atoms with van der Waals surface area (Å²) in [6, 6.07) is 8.40. The van der Waals surface area contributed by atoms with Gasteiger partial charge in [-0.05, 0) is 36.5 Å². The van der Waals surface area contributed by atoms with Crippen LogP contribution in [0.3, 0.4) is 0 Å². The minimum Gasteiger partial charge on any atom is -0.497 e. The molecule has 1 rings (SSSR count). The molecule has 0 amide bonds. The van der Waals surface area contributed by atoms with Crippen LogP contribution < -0.4 is 4.74 Å². The molecule has 0 radical (unpaired) electrons. The Labute approximate surface area is 101 Å². The standard InChI is InChI=1S/C13H19BrO/c1-4-12(13(14)5-2)10-6-8-11(15-3)9-7-10/h6-9,12-13H,4-5H2,1-3H3. The summed E-state index contributed by atoms with van der Waals surface area (Å²) in [7, 11) is 1.70. The zero-order chi connectivity index (χ0) is 11.3. The van der Waals surface area contributed by atoms with Crippen LogP contribution in [-0.2, 0) is 0 Å². The van der Waals surface area contributed by atoms with Gasteiger partial charge in [-0.15, -0.1) is 0 Å². The highest BCUT2D eigenvalue weighted by atomic mass is 79.9. The van der Waals surface area contributed by atoms with Gasteiger partial charge in [0.2, 0.25) is 0 Å². The van der Waals surface area contributed by atoms with Crippen LogP contribution in [0.15, 0.2) is 24.3 Å². The van der Waals surface area contributed by atoms with E-state index in [4.69, 9.17) is 4.74 Å². The summed E-state index contributed by atoms with van der Waals surface area (Å²) in [4.78, 5) is 0.566. The number of halogens is 1. The van der Waals surface area contributed by atoms with E-state index in [1.54, 1.807) is 7.11 Å². The Balaban J connectivity index is 2.83. The van der Waals surface area contributed by atoms with Crippen molar-refractivity contribution in [3.8, 4) is 5.75 Å². The molecule has 0 saturated heterocycles. The van der Waals surface area contributed by atoms with Crippen molar-refractivity contribution in [2.24, 2.45) is 0 Å². The number of rotatable bonds is 5. The van der Waals surface area contributed by atoms with Crippen molar-refractivity contribution in [3.05, 3.63) is 29.8 Å². The van der Waals surface area contributed by atoms with Gasteiger partial charge in [0.05, 0.1) is 7.11 Å². The van der Waals surface area contributed by atoms with E-state index in [9.17, 15) is 0 Å². The third kappa shape index (κ3) is 3.23. The van der Waals surface area contributed by atoms with Gasteiger partial charge in [-0.2, -0.15) is 0 Å². The fourth-order valence-corrected chi connectivity index (χ4v) is 2.51. The molecule has 1 nitrogen and oxygen atoms in total. The van der Waals surface area contributed by atoms with Gasteiger partial charge in [0.1, 0.15) is 5.75 Å². The number of benzene rings is 1. The average Bonchev–Trinajstić information content (AvgIpc) is 2.30. The van der Waals surface area contributed by atoms with Crippen molar-refractivity contribution >= 4 is 15.9 Å². The molecule has 0 spiro atoms. The van der Waals surface area contributed by atoms with Gasteiger partial charge in [-0.1, -0.05) is 41.9 Å². The molecule has 2 unspecified atom stereocenters. The largest absolute Gasteiger partial charge is 0.497 e. The number of hydrogen-bond acceptors (Lipinski definition) is 1. The van der Waals surface area contributed by atoms with Crippen LogP contribution in [0.2, 0.25) is 0 Å². The summed E-state index contributed by atoms with van der Waals surface area (Å²) < 4.78 is 5.16. The first-order valence-corrected chi connectivity index (χ1v) is 6.42. The molecule has 0 aromatic heterocycles. The van der Waals surface area contributed by atoms with Gasteiger partial charge >= 0.3 is 0 Å². The second-order valence-electron chi connectivity index (χ2n) is 3.71. The SMILES string of the molecule is CCC(Br)C(CC)c1ccc(OC)cc1. The molecule has 2 atom stereocenters. The molecule has 0 aliphatic heterocycles. The van der Waals surface area contributed by atoms with E-state index in [1.165, 1.54) is 5.56 Å². The molecule has 1 aromatic rings. The quantitative estimate of drug-likeness (QED) is 0.723. The molecule has 0 bridgehead atoms. The van der Waals surface area contributed by atoms with E-state index >= 15 is 0 Å². The highest BCUT2D eigenvalue weighted by Crippen LogP contribution is 2.31. The summed E-state index contributed by atoms with van der Waals surface area (Å²) in [5.41, 5.74) is 1.39. The van der Waals surface area contributed by atoms with E-state index in [-0.39, 0.29) is 0 Å². The molecule has 2 heteroatoms. The number of alkyl halides is 1. The predicted molar refractivity (Wildman–Crippen MR) is 69.0 cm³/mol. The first-order chi connectivity index (χ1) is 7.22. The fraction of sp³-hybridized carbons (Fsp3) is 0.538. The van der Waals surface area contributed by atoms with E-state index < -0.39 is 0 Å². The van der Waals surface area contributed by atoms with E-state index in [1.807, 2.05) is 12.1 Å². The minimum absolute atomic E-state index is 0.566. The Kier molecular flexibility index (Phi) is 5.16. The van der Waals surface area contributed by atoms with Gasteiger partial charge in [0, 0.05) is 4.83 Å². The number of hydrogen-bond donors (Lipinski definition) is 0. The predicted octanol–water partition coefficient (Wildman–Crippen LogP) is 4.36. The Morgan fingerprint density at radius 1 is 1.13 bits per heavy atom. The molecule has 0 saturated carbocycles. The minimum atomic E-state index is 0.566. The molecule has 15 heavy (non-hydrogen) atoms. The maximum atomic E-state index is 5.16. The monoisotopic (exact) mass is 270 g/mol. The van der Waals surface area contributed by atoms with Crippen molar-refractivity contribution in [3.63, 3.8) is 0 Å². The lowest BCUT2D eigenvalue weighted by Gasteiger charge is -2.20. The third-order valence-electron chi connectivity index (χ3n) is 2.81. The molecule has 0 fully saturated rings. The van der Waals surface area contributed by atoms with Crippen LogP contribution in [-0.4, -0.2) is 11.9 Å². The molecular formula is C13H19BrO. The van der Waals surface area contributed by atoms with Crippen LogP contribution >= 0.6 is 15.9 Å². The van der Waals surface area contributed by atoms with Crippen molar-refractivity contribution in [2.45, 2.75) is 37.4 Å². The molecule has 0 heterocycles. The second kappa shape index (κ2) is 6.16. The van der Waals surface area contributed by atoms with Gasteiger partial charge in [0.15, 0.2) is 0 Å². The van der Waals surface area contributed by atoms with E-state index in [0.717, 1.165) is 18.6 Å². The van der Waals surface area contributed by atoms with Gasteiger partial charge in [-0.3, -0.25) is 0 Å². The lowest BCUT2D eigenvalue weighted by atomic mass is 9.92. The Morgan fingerprint density at radius 2 is 1.73 bits per heavy atom. The first kappa shape index (κ1) is 12.6. The maximum absolute atomic E-state index is 5.16. The second-order valence-corrected chi connectivity index (χ2v) is 4.89. The van der Waals surface area contributed by atoms with Gasteiger partial charge < -0.3 is 4.74 Å². The zero-order valence-corrected chi connectivity index (χ0v) is 11.3. The van der Waals surface area contributed by atoms with E-state index in [2.05, 4.69) is 41.9 Å². The summed E-state index contributed by atoms with van der Waals surface area (Å²) >= 11 is 3.74. The summed E-state index contributed by atoms with van der Waals surface area (Å²) in [5, 5.41) is 0. The fourth-order valence-electron chi connectivity index (χ4n) is 1.84. The molecule has 0 N–H and O–H groups in total. The molecule has 1 aromatic carbocycles. The lowest BCUT2D eigenvalue weighted by Crippen LogP contribution is -2.10. The Bertz CT molecular complexity index is 281. The topological polar surface area (TPSA) is 9.23 Å². The molecule has 84 valence electrons. The maximum Gasteiger partial charge on any atom is 0.118 e. The van der Waals surface area contributed by atoms with Crippen molar-refractivity contribution in [1.29, 1.82) is 0 Å². The van der Waals surface area contributed by atoms with Crippen LogP contribution in [0, 0.1) is 0 Å². The van der Waals surface area contributed by atoms with Crippen LogP contribution in [0.25, 0.3) is 0 Å². The summed E-state index contributed by atoms with van der Waals surface area (Å²) in [6.45, 7) is 4.45. The Hall–Kier alpha value is -0.500. The van der Waals surface area contributed by atoms with Crippen molar-refractivity contribution < 1.29 is 4.74 Å². The molecule has 0 aliphatic carbocycles. The third-order valence-corrected chi connectivity index (χ3v) is 4.10. The van der Waals surface area contributed by atoms with Crippen LogP contribution in [0.5, 0.6) is 5.75 Å². The number of ether oxygens (including phenoxy) is 1. The lowest BCUT2D eigenvalue weighted by molar-refractivity contribution is 0.414. The van der Waals surface area contributed by atoms with Crippen LogP contribution in [0.1, 0.15) is 38.2 Å². The summed E-state index contributed by atoms with van der Waals surface area (Å²) in [6.07, 6.45) is 2.32. The van der Waals surface area contributed by atoms with Crippen LogP contribution in [0.4, 0.5) is 0 Å². The van der Waals surface area contributed by atoms with E-state index in [0.29, 0.717) is 10.7 Å². The smallest absolute Gasteiger partial charge is 0.118 e. The van der Waals surface area contributed by atoms with Crippen molar-refractivity contribution in [1.82, 2.24) is 0 Å². The molecular weight excluding hydrogens is 252 g/mol. The highest BCUT2D eigenvalue weighted by Gasteiger charge is 2.17.